The van der Waals surface area contributed by atoms with E-state index in [1.54, 1.807) is 4.68 Å². The van der Waals surface area contributed by atoms with Gasteiger partial charge in [0, 0.05) is 0 Å². The first-order valence-electron chi connectivity index (χ1n) is 7.02. The molecule has 2 aromatic rings. The predicted molar refractivity (Wildman–Crippen MR) is 83.9 cm³/mol. The van der Waals surface area contributed by atoms with Crippen molar-refractivity contribution in [2.45, 2.75) is 25.0 Å². The maximum Gasteiger partial charge on any atom is 0.230 e. The molecule has 7 nitrogen and oxygen atoms in total. The molecule has 1 heterocycles. The number of hydrogen-bond donors (Lipinski definition) is 1. The van der Waals surface area contributed by atoms with E-state index in [0.29, 0.717) is 18.3 Å². The van der Waals surface area contributed by atoms with Crippen LogP contribution in [0.4, 0.5) is 0 Å². The maximum atomic E-state index is 11.8. The fourth-order valence-electron chi connectivity index (χ4n) is 1.66. The van der Waals surface area contributed by atoms with Crippen molar-refractivity contribution in [3.8, 4) is 5.75 Å². The zero-order valence-electron chi connectivity index (χ0n) is 12.6. The molecule has 0 saturated heterocycles. The molecule has 8 heteroatoms. The first kappa shape index (κ1) is 16.3. The summed E-state index contributed by atoms with van der Waals surface area (Å²) in [5.74, 6) is 1.00. The fourth-order valence-corrected chi connectivity index (χ4v) is 2.50. The third kappa shape index (κ3) is 5.03. The van der Waals surface area contributed by atoms with Gasteiger partial charge in [-0.3, -0.25) is 4.79 Å². The van der Waals surface area contributed by atoms with Crippen molar-refractivity contribution in [3.05, 3.63) is 30.3 Å². The molecule has 0 radical (unpaired) electrons. The molecule has 0 aliphatic rings. The minimum Gasteiger partial charge on any atom is -0.492 e. The Bertz CT molecular complexity index is 588. The number of benzene rings is 1. The lowest BCUT2D eigenvalue weighted by molar-refractivity contribution is -0.118. The number of hydrogen-bond acceptors (Lipinski definition) is 6. The Hall–Kier alpha value is -2.09. The first-order valence-corrected chi connectivity index (χ1v) is 8.00. The lowest BCUT2D eigenvalue weighted by Gasteiger charge is -2.08. The highest BCUT2D eigenvalue weighted by Crippen LogP contribution is 2.16. The number of tetrazole rings is 1. The Morgan fingerprint density at radius 2 is 2.14 bits per heavy atom. The monoisotopic (exact) mass is 321 g/mol. The molecule has 0 unspecified atom stereocenters. The topological polar surface area (TPSA) is 81.9 Å². The molecule has 22 heavy (non-hydrogen) atoms. The van der Waals surface area contributed by atoms with Gasteiger partial charge in [-0.15, -0.1) is 5.10 Å². The first-order chi connectivity index (χ1) is 10.7. The highest BCUT2D eigenvalue weighted by Gasteiger charge is 2.11. The van der Waals surface area contributed by atoms with Crippen LogP contribution in [0.25, 0.3) is 0 Å². The minimum absolute atomic E-state index is 0.0695. The minimum atomic E-state index is -0.0695. The highest BCUT2D eigenvalue weighted by molar-refractivity contribution is 7.99. The number of nitrogens with zero attached hydrogens (tertiary/aromatic N) is 4. The molecule has 1 aromatic carbocycles. The maximum absolute atomic E-state index is 11.8. The largest absolute Gasteiger partial charge is 0.492 e. The predicted octanol–water partition coefficient (Wildman–Crippen LogP) is 1.54. The molecule has 0 fully saturated rings. The Kier molecular flexibility index (Phi) is 6.20. The van der Waals surface area contributed by atoms with Crippen LogP contribution in [0.1, 0.15) is 19.9 Å². The second-order valence-electron chi connectivity index (χ2n) is 4.80. The SMILES string of the molecule is CC(C)n1nnnc1SCC(=O)NCCOc1ccccc1. The van der Waals surface area contributed by atoms with E-state index in [1.165, 1.54) is 11.8 Å². The van der Waals surface area contributed by atoms with E-state index >= 15 is 0 Å². The van der Waals surface area contributed by atoms with Gasteiger partial charge in [-0.1, -0.05) is 30.0 Å². The number of carbonyl (C=O) groups is 1. The summed E-state index contributed by atoms with van der Waals surface area (Å²) in [5, 5.41) is 14.9. The number of rotatable bonds is 8. The molecule has 1 amide bonds. The average Bonchev–Trinajstić information content (AvgIpc) is 2.99. The third-order valence-electron chi connectivity index (χ3n) is 2.72. The lowest BCUT2D eigenvalue weighted by Crippen LogP contribution is -2.29. The number of carbonyl (C=O) groups excluding carboxylic acids is 1. The van der Waals surface area contributed by atoms with Gasteiger partial charge in [0.1, 0.15) is 12.4 Å². The summed E-state index contributed by atoms with van der Waals surface area (Å²) in [7, 11) is 0. The number of thioether (sulfide) groups is 1. The molecule has 1 N–H and O–H groups in total. The molecule has 0 bridgehead atoms. The average molecular weight is 321 g/mol. The van der Waals surface area contributed by atoms with Gasteiger partial charge in [0.25, 0.3) is 0 Å². The van der Waals surface area contributed by atoms with Crippen molar-refractivity contribution in [3.63, 3.8) is 0 Å². The molecule has 118 valence electrons. The zero-order valence-corrected chi connectivity index (χ0v) is 13.4. The van der Waals surface area contributed by atoms with Crippen LogP contribution in [0.3, 0.4) is 0 Å². The molecule has 2 rings (SSSR count). The Balaban J connectivity index is 1.65. The molecule has 1 aromatic heterocycles. The van der Waals surface area contributed by atoms with Crippen LogP contribution < -0.4 is 10.1 Å². The van der Waals surface area contributed by atoms with Gasteiger partial charge in [0.15, 0.2) is 0 Å². The van der Waals surface area contributed by atoms with Crippen molar-refractivity contribution >= 4 is 17.7 Å². The van der Waals surface area contributed by atoms with Crippen molar-refractivity contribution in [2.24, 2.45) is 0 Å². The van der Waals surface area contributed by atoms with E-state index in [9.17, 15) is 4.79 Å². The molecular formula is C14H19N5O2S. The standard InChI is InChI=1S/C14H19N5O2S/c1-11(2)19-14(16-17-18-19)22-10-13(20)15-8-9-21-12-6-4-3-5-7-12/h3-7,11H,8-10H2,1-2H3,(H,15,20). The summed E-state index contributed by atoms with van der Waals surface area (Å²) in [4.78, 5) is 11.8. The van der Waals surface area contributed by atoms with E-state index in [-0.39, 0.29) is 17.7 Å². The van der Waals surface area contributed by atoms with Crippen LogP contribution in [0.5, 0.6) is 5.75 Å². The molecule has 0 saturated carbocycles. The van der Waals surface area contributed by atoms with E-state index in [2.05, 4.69) is 20.8 Å². The van der Waals surface area contributed by atoms with E-state index in [0.717, 1.165) is 5.75 Å². The summed E-state index contributed by atoms with van der Waals surface area (Å²) < 4.78 is 7.19. The zero-order chi connectivity index (χ0) is 15.8. The smallest absolute Gasteiger partial charge is 0.230 e. The van der Waals surface area contributed by atoms with Crippen LogP contribution in [0.2, 0.25) is 0 Å². The Morgan fingerprint density at radius 3 is 2.86 bits per heavy atom. The van der Waals surface area contributed by atoms with Crippen LogP contribution >= 0.6 is 11.8 Å². The summed E-state index contributed by atoms with van der Waals surface area (Å²) >= 11 is 1.32. The van der Waals surface area contributed by atoms with Gasteiger partial charge < -0.3 is 10.1 Å². The summed E-state index contributed by atoms with van der Waals surface area (Å²) in [6, 6.07) is 9.66. The lowest BCUT2D eigenvalue weighted by atomic mass is 10.3. The van der Waals surface area contributed by atoms with Crippen molar-refractivity contribution < 1.29 is 9.53 Å². The van der Waals surface area contributed by atoms with E-state index in [1.807, 2.05) is 44.2 Å². The summed E-state index contributed by atoms with van der Waals surface area (Å²) in [6.45, 7) is 4.87. The second-order valence-corrected chi connectivity index (χ2v) is 5.74. The molecular weight excluding hydrogens is 302 g/mol. The van der Waals surface area contributed by atoms with Crippen LogP contribution in [-0.4, -0.2) is 45.0 Å². The second kappa shape index (κ2) is 8.38. The number of ether oxygens (including phenoxy) is 1. The summed E-state index contributed by atoms with van der Waals surface area (Å²) in [6.07, 6.45) is 0. The van der Waals surface area contributed by atoms with E-state index < -0.39 is 0 Å². The van der Waals surface area contributed by atoms with Gasteiger partial charge >= 0.3 is 0 Å². The molecule has 0 aliphatic carbocycles. The van der Waals surface area contributed by atoms with Gasteiger partial charge in [0.2, 0.25) is 11.1 Å². The van der Waals surface area contributed by atoms with Gasteiger partial charge in [-0.25, -0.2) is 4.68 Å². The number of amides is 1. The number of para-hydroxylation sites is 1. The fraction of sp³-hybridized carbons (Fsp3) is 0.429. The normalized spacial score (nSPS) is 10.7. The van der Waals surface area contributed by atoms with Crippen molar-refractivity contribution in [1.29, 1.82) is 0 Å². The highest BCUT2D eigenvalue weighted by atomic mass is 32.2. The van der Waals surface area contributed by atoms with Gasteiger partial charge in [-0.05, 0) is 36.4 Å². The number of aromatic nitrogens is 4. The molecule has 0 spiro atoms. The van der Waals surface area contributed by atoms with Crippen LogP contribution in [0.15, 0.2) is 35.5 Å². The third-order valence-corrected chi connectivity index (χ3v) is 3.65. The summed E-state index contributed by atoms with van der Waals surface area (Å²) in [5.41, 5.74) is 0. The molecule has 0 atom stereocenters. The Labute approximate surface area is 133 Å². The van der Waals surface area contributed by atoms with Gasteiger partial charge in [-0.2, -0.15) is 0 Å². The Morgan fingerprint density at radius 1 is 1.36 bits per heavy atom. The van der Waals surface area contributed by atoms with E-state index in [4.69, 9.17) is 4.74 Å². The quantitative estimate of drug-likeness (QED) is 0.587. The van der Waals surface area contributed by atoms with Crippen molar-refractivity contribution in [1.82, 2.24) is 25.5 Å². The van der Waals surface area contributed by atoms with Gasteiger partial charge in [0.05, 0.1) is 18.3 Å². The number of nitrogens with one attached hydrogen (secondary N) is 1. The van der Waals surface area contributed by atoms with Crippen molar-refractivity contribution in [2.75, 3.05) is 18.9 Å². The van der Waals surface area contributed by atoms with Crippen LogP contribution in [-0.2, 0) is 4.79 Å². The van der Waals surface area contributed by atoms with Crippen LogP contribution in [0, 0.1) is 0 Å². The molecule has 0 aliphatic heterocycles.